The third kappa shape index (κ3) is 2.86. The fraction of sp³-hybridized carbons (Fsp3) is 0.333. The number of aliphatic hydroxyl groups excluding tert-OH is 1. The summed E-state index contributed by atoms with van der Waals surface area (Å²) < 4.78 is 5.04. The molecule has 0 spiro atoms. The van der Waals surface area contributed by atoms with Crippen LogP contribution >= 0.6 is 11.6 Å². The number of carbonyl (C=O) groups is 2. The van der Waals surface area contributed by atoms with Gasteiger partial charge in [0.15, 0.2) is 12.2 Å². The van der Waals surface area contributed by atoms with Crippen LogP contribution in [0, 0.1) is 0 Å². The number of amides is 1. The van der Waals surface area contributed by atoms with E-state index in [4.69, 9.17) is 21.4 Å². The van der Waals surface area contributed by atoms with Crippen molar-refractivity contribution in [1.82, 2.24) is 0 Å². The summed E-state index contributed by atoms with van der Waals surface area (Å²) in [5, 5.41) is 18.7. The van der Waals surface area contributed by atoms with E-state index < -0.39 is 24.1 Å². The van der Waals surface area contributed by atoms with Crippen LogP contribution in [-0.2, 0) is 14.3 Å². The molecular formula is C12H12ClNO5. The molecule has 1 saturated heterocycles. The highest BCUT2D eigenvalue weighted by Gasteiger charge is 2.39. The van der Waals surface area contributed by atoms with Crippen molar-refractivity contribution in [2.24, 2.45) is 0 Å². The first kappa shape index (κ1) is 13.8. The number of halogens is 1. The monoisotopic (exact) mass is 285 g/mol. The molecule has 1 aliphatic rings. The summed E-state index contributed by atoms with van der Waals surface area (Å²) in [6, 6.07) is 6.55. The van der Waals surface area contributed by atoms with Gasteiger partial charge in [0.25, 0.3) is 5.91 Å². The number of ether oxygens (including phenoxy) is 1. The van der Waals surface area contributed by atoms with E-state index in [0.29, 0.717) is 17.3 Å². The van der Waals surface area contributed by atoms with Crippen molar-refractivity contribution in [1.29, 1.82) is 0 Å². The van der Waals surface area contributed by atoms with Gasteiger partial charge in [-0.1, -0.05) is 11.6 Å². The molecule has 1 aromatic rings. The maximum atomic E-state index is 12.1. The highest BCUT2D eigenvalue weighted by Crippen LogP contribution is 2.22. The van der Waals surface area contributed by atoms with Crippen molar-refractivity contribution in [2.75, 3.05) is 18.1 Å². The SMILES string of the molecule is O=C(O)[C@H](O)[C@H]1OCCN(c2ccc(Cl)cc2)C1=O. The van der Waals surface area contributed by atoms with E-state index in [2.05, 4.69) is 0 Å². The van der Waals surface area contributed by atoms with Crippen LogP contribution in [0.15, 0.2) is 24.3 Å². The van der Waals surface area contributed by atoms with Crippen molar-refractivity contribution in [3.8, 4) is 0 Å². The summed E-state index contributed by atoms with van der Waals surface area (Å²) in [5.74, 6) is -2.07. The maximum Gasteiger partial charge on any atom is 0.335 e. The molecule has 7 heteroatoms. The van der Waals surface area contributed by atoms with Gasteiger partial charge in [-0.3, -0.25) is 4.79 Å². The molecule has 19 heavy (non-hydrogen) atoms. The molecule has 1 aliphatic heterocycles. The van der Waals surface area contributed by atoms with Crippen LogP contribution in [0.4, 0.5) is 5.69 Å². The predicted octanol–water partition coefficient (Wildman–Crippen LogP) is 0.517. The molecule has 2 N–H and O–H groups in total. The lowest BCUT2D eigenvalue weighted by Gasteiger charge is -2.33. The van der Waals surface area contributed by atoms with Gasteiger partial charge in [-0.25, -0.2) is 4.79 Å². The van der Waals surface area contributed by atoms with E-state index in [-0.39, 0.29) is 6.61 Å². The quantitative estimate of drug-likeness (QED) is 0.845. The average Bonchev–Trinajstić information content (AvgIpc) is 2.39. The molecule has 2 rings (SSSR count). The summed E-state index contributed by atoms with van der Waals surface area (Å²) in [7, 11) is 0. The molecule has 1 heterocycles. The van der Waals surface area contributed by atoms with Crippen LogP contribution in [0.2, 0.25) is 5.02 Å². The third-order valence-electron chi connectivity index (χ3n) is 2.80. The van der Waals surface area contributed by atoms with Crippen LogP contribution in [0.3, 0.4) is 0 Å². The molecule has 6 nitrogen and oxygen atoms in total. The van der Waals surface area contributed by atoms with Gasteiger partial charge in [-0.15, -0.1) is 0 Å². The normalized spacial score (nSPS) is 21.3. The minimum atomic E-state index is -1.87. The Balaban J connectivity index is 2.20. The Kier molecular flexibility index (Phi) is 4.04. The molecular weight excluding hydrogens is 274 g/mol. The van der Waals surface area contributed by atoms with Gasteiger partial charge in [0.1, 0.15) is 0 Å². The van der Waals surface area contributed by atoms with Gasteiger partial charge in [0.2, 0.25) is 0 Å². The molecule has 0 aromatic heterocycles. The molecule has 1 aromatic carbocycles. The number of benzene rings is 1. The lowest BCUT2D eigenvalue weighted by Crippen LogP contribution is -2.54. The number of morpholine rings is 1. The maximum absolute atomic E-state index is 12.1. The van der Waals surface area contributed by atoms with Gasteiger partial charge in [-0.05, 0) is 24.3 Å². The van der Waals surface area contributed by atoms with E-state index in [0.717, 1.165) is 0 Å². The first-order valence-electron chi connectivity index (χ1n) is 5.60. The molecule has 0 bridgehead atoms. The average molecular weight is 286 g/mol. The Labute approximate surface area is 114 Å². The van der Waals surface area contributed by atoms with E-state index in [1.165, 1.54) is 4.90 Å². The highest BCUT2D eigenvalue weighted by molar-refractivity contribution is 6.30. The Morgan fingerprint density at radius 1 is 1.42 bits per heavy atom. The minimum Gasteiger partial charge on any atom is -0.479 e. The Morgan fingerprint density at radius 3 is 2.63 bits per heavy atom. The largest absolute Gasteiger partial charge is 0.479 e. The number of rotatable bonds is 3. The second kappa shape index (κ2) is 5.56. The van der Waals surface area contributed by atoms with E-state index in [9.17, 15) is 14.7 Å². The summed E-state index contributed by atoms with van der Waals surface area (Å²) in [6.07, 6.45) is -3.26. The molecule has 1 amide bonds. The number of aliphatic hydroxyl groups is 1. The van der Waals surface area contributed by atoms with Crippen molar-refractivity contribution in [3.05, 3.63) is 29.3 Å². The van der Waals surface area contributed by atoms with Crippen molar-refractivity contribution >= 4 is 29.2 Å². The molecule has 0 radical (unpaired) electrons. The minimum absolute atomic E-state index is 0.156. The van der Waals surface area contributed by atoms with E-state index >= 15 is 0 Å². The second-order valence-electron chi connectivity index (χ2n) is 4.04. The molecule has 1 fully saturated rings. The highest BCUT2D eigenvalue weighted by atomic mass is 35.5. The fourth-order valence-corrected chi connectivity index (χ4v) is 1.97. The Hall–Kier alpha value is -1.63. The standard InChI is InChI=1S/C12H12ClNO5/c13-7-1-3-8(4-2-7)14-5-6-19-10(11(14)16)9(15)12(17)18/h1-4,9-10,15H,5-6H2,(H,17,18)/t9-,10-/m1/s1. The number of aliphatic carboxylic acids is 1. The van der Waals surface area contributed by atoms with E-state index in [1.54, 1.807) is 24.3 Å². The second-order valence-corrected chi connectivity index (χ2v) is 4.48. The summed E-state index contributed by atoms with van der Waals surface area (Å²) >= 11 is 5.76. The van der Waals surface area contributed by atoms with Crippen LogP contribution in [-0.4, -0.2) is 47.4 Å². The fourth-order valence-electron chi connectivity index (χ4n) is 1.84. The van der Waals surface area contributed by atoms with Gasteiger partial charge in [0.05, 0.1) is 6.61 Å². The Bertz CT molecular complexity index is 489. The number of hydrogen-bond acceptors (Lipinski definition) is 4. The number of carbonyl (C=O) groups excluding carboxylic acids is 1. The van der Waals surface area contributed by atoms with Crippen LogP contribution in [0.1, 0.15) is 0 Å². The molecule has 0 unspecified atom stereocenters. The third-order valence-corrected chi connectivity index (χ3v) is 3.05. The summed E-state index contributed by atoms with van der Waals surface area (Å²) in [5.41, 5.74) is 0.584. The number of carboxylic acids is 1. The molecule has 102 valence electrons. The van der Waals surface area contributed by atoms with Gasteiger partial charge in [-0.2, -0.15) is 0 Å². The molecule has 2 atom stereocenters. The zero-order valence-corrected chi connectivity index (χ0v) is 10.6. The first-order chi connectivity index (χ1) is 9.00. The smallest absolute Gasteiger partial charge is 0.335 e. The van der Waals surface area contributed by atoms with Crippen LogP contribution in [0.5, 0.6) is 0 Å². The lowest BCUT2D eigenvalue weighted by atomic mass is 10.1. The summed E-state index contributed by atoms with van der Waals surface area (Å²) in [6.45, 7) is 0.451. The number of nitrogens with zero attached hydrogens (tertiary/aromatic N) is 1. The Morgan fingerprint density at radius 2 is 2.05 bits per heavy atom. The number of hydrogen-bond donors (Lipinski definition) is 2. The zero-order valence-electron chi connectivity index (χ0n) is 9.82. The van der Waals surface area contributed by atoms with Crippen molar-refractivity contribution < 1.29 is 24.5 Å². The van der Waals surface area contributed by atoms with Gasteiger partial charge in [0, 0.05) is 17.3 Å². The van der Waals surface area contributed by atoms with Gasteiger partial charge < -0.3 is 19.8 Å². The summed E-state index contributed by atoms with van der Waals surface area (Å²) in [4.78, 5) is 24.2. The van der Waals surface area contributed by atoms with Crippen molar-refractivity contribution in [3.63, 3.8) is 0 Å². The van der Waals surface area contributed by atoms with Crippen molar-refractivity contribution in [2.45, 2.75) is 12.2 Å². The first-order valence-corrected chi connectivity index (χ1v) is 5.98. The topological polar surface area (TPSA) is 87.1 Å². The van der Waals surface area contributed by atoms with Crippen LogP contribution in [0.25, 0.3) is 0 Å². The van der Waals surface area contributed by atoms with E-state index in [1.807, 2.05) is 0 Å². The number of anilines is 1. The predicted molar refractivity (Wildman–Crippen MR) is 67.2 cm³/mol. The number of carboxylic acid groups (broad SMARTS) is 1. The molecule has 0 aliphatic carbocycles. The molecule has 0 saturated carbocycles. The van der Waals surface area contributed by atoms with Crippen LogP contribution < -0.4 is 4.90 Å². The van der Waals surface area contributed by atoms with Gasteiger partial charge >= 0.3 is 5.97 Å². The zero-order chi connectivity index (χ0) is 14.0. The lowest BCUT2D eigenvalue weighted by molar-refractivity contribution is -0.163.